The van der Waals surface area contributed by atoms with Crippen molar-refractivity contribution in [3.8, 4) is 0 Å². The molecule has 14 heteroatoms. The van der Waals surface area contributed by atoms with Crippen LogP contribution in [-0.2, 0) is 41.8 Å². The Labute approximate surface area is 231 Å². The minimum Gasteiger partial charge on any atom is -0.214 e. The van der Waals surface area contributed by atoms with Crippen LogP contribution in [-0.4, -0.2) is 0 Å². The van der Waals surface area contributed by atoms with Gasteiger partial charge < -0.3 is 0 Å². The molecule has 0 unspecified atom stereocenters. The maximum Gasteiger partial charge on any atom is 2.00 e. The fourth-order valence-corrected chi connectivity index (χ4v) is 5.85. The predicted molar refractivity (Wildman–Crippen MR) is 123 cm³/mol. The maximum absolute atomic E-state index is 13.3. The Kier molecular flexibility index (Phi) is 10.4. The van der Waals surface area contributed by atoms with Crippen LogP contribution in [0.3, 0.4) is 0 Å². The molecule has 0 aliphatic carbocycles. The topological polar surface area (TPSA) is 0 Å². The second-order valence-electron chi connectivity index (χ2n) is 7.97. The van der Waals surface area contributed by atoms with E-state index in [1.54, 1.807) is 0 Å². The van der Waals surface area contributed by atoms with E-state index in [-0.39, 0.29) is 34.5 Å². The molecular formula is C26H15F12FeP. The third kappa shape index (κ3) is 8.62. The zero-order chi connectivity index (χ0) is 29.2. The Morgan fingerprint density at radius 1 is 0.475 bits per heavy atom. The standard InChI is InChI=1S/C21H10F12P.C5H5.Fe/c22-18(23,24)11-5-12(19(25,26)27)8-16(7-11)34(15-3-1-2-4-15)17-9-13(20(28,29)30)6-14(10-17)21(31,32)33;1-2-4-5-3-1;/h1-10H;1-5H;/q2*-1;+2. The summed E-state index contributed by atoms with van der Waals surface area (Å²) < 4.78 is 160. The maximum atomic E-state index is 13.3. The largest absolute Gasteiger partial charge is 2.00 e. The molecule has 4 aromatic rings. The average Bonchev–Trinajstić information content (AvgIpc) is 3.54. The van der Waals surface area contributed by atoms with Crippen LogP contribution in [0.4, 0.5) is 52.7 Å². The molecule has 0 fully saturated rings. The number of benzene rings is 2. The molecule has 0 radical (unpaired) electrons. The molecule has 216 valence electrons. The van der Waals surface area contributed by atoms with Gasteiger partial charge in [0.15, 0.2) is 0 Å². The summed E-state index contributed by atoms with van der Waals surface area (Å²) in [5.41, 5.74) is -6.95. The summed E-state index contributed by atoms with van der Waals surface area (Å²) in [4.78, 5) is 0. The van der Waals surface area contributed by atoms with Crippen LogP contribution >= 0.6 is 7.92 Å². The minimum absolute atomic E-state index is 0. The van der Waals surface area contributed by atoms with Crippen LogP contribution in [0.15, 0.2) is 91.0 Å². The summed E-state index contributed by atoms with van der Waals surface area (Å²) in [6.45, 7) is 0. The number of alkyl halides is 12. The normalized spacial score (nSPS) is 12.5. The first kappa shape index (κ1) is 33.5. The van der Waals surface area contributed by atoms with Crippen molar-refractivity contribution in [1.29, 1.82) is 0 Å². The van der Waals surface area contributed by atoms with Gasteiger partial charge in [-0.1, -0.05) is 0 Å². The Hall–Kier alpha value is -2.75. The Balaban J connectivity index is 0.000000840. The predicted octanol–water partition coefficient (Wildman–Crippen LogP) is 8.64. The average molecular weight is 642 g/mol. The van der Waals surface area contributed by atoms with Crippen molar-refractivity contribution in [2.75, 3.05) is 0 Å². The van der Waals surface area contributed by atoms with Gasteiger partial charge in [-0.25, -0.2) is 24.3 Å². The van der Waals surface area contributed by atoms with Gasteiger partial charge in [-0.2, -0.15) is 83.0 Å². The van der Waals surface area contributed by atoms with Crippen LogP contribution in [0.1, 0.15) is 22.3 Å². The SMILES string of the molecule is FC(F)(F)c1cc(P(c2cc(C(F)(F)F)cc(C(F)(F)F)c2)c2ccc[cH-]2)cc(C(F)(F)F)c1.[Fe+2].c1cc[cH-]c1. The first-order valence-corrected chi connectivity index (χ1v) is 12.0. The molecule has 0 aliphatic rings. The summed E-state index contributed by atoms with van der Waals surface area (Å²) in [5, 5.41) is -1.46. The van der Waals surface area contributed by atoms with Gasteiger partial charge in [0.2, 0.25) is 0 Å². The summed E-state index contributed by atoms with van der Waals surface area (Å²) in [7, 11) is -2.66. The van der Waals surface area contributed by atoms with Gasteiger partial charge in [-0.15, -0.1) is 5.30 Å². The van der Waals surface area contributed by atoms with E-state index in [0.717, 1.165) is 0 Å². The monoisotopic (exact) mass is 642 g/mol. The third-order valence-electron chi connectivity index (χ3n) is 5.12. The fraction of sp³-hybridized carbons (Fsp3) is 0.154. The Morgan fingerprint density at radius 2 is 0.825 bits per heavy atom. The summed E-state index contributed by atoms with van der Waals surface area (Å²) >= 11 is 0. The zero-order valence-corrected chi connectivity index (χ0v) is 21.5. The van der Waals surface area contributed by atoms with Crippen LogP contribution in [0.5, 0.6) is 0 Å². The fourth-order valence-electron chi connectivity index (χ4n) is 3.42. The Bertz CT molecular complexity index is 1190. The van der Waals surface area contributed by atoms with E-state index in [2.05, 4.69) is 0 Å². The van der Waals surface area contributed by atoms with Crippen LogP contribution in [0.25, 0.3) is 0 Å². The molecule has 40 heavy (non-hydrogen) atoms. The van der Waals surface area contributed by atoms with Crippen molar-refractivity contribution in [3.63, 3.8) is 0 Å². The summed E-state index contributed by atoms with van der Waals surface area (Å²) in [6, 6.07) is 15.9. The number of hydrogen-bond acceptors (Lipinski definition) is 0. The van der Waals surface area contributed by atoms with Crippen LogP contribution in [0, 0.1) is 0 Å². The molecule has 0 aromatic heterocycles. The number of hydrogen-bond donors (Lipinski definition) is 0. The van der Waals surface area contributed by atoms with Crippen molar-refractivity contribution in [2.24, 2.45) is 0 Å². The van der Waals surface area contributed by atoms with Gasteiger partial charge in [-0.05, 0) is 54.9 Å². The molecular weight excluding hydrogens is 627 g/mol. The van der Waals surface area contributed by atoms with E-state index in [9.17, 15) is 52.7 Å². The molecule has 0 nitrogen and oxygen atoms in total. The van der Waals surface area contributed by atoms with Crippen molar-refractivity contribution in [1.82, 2.24) is 0 Å². The zero-order valence-electron chi connectivity index (χ0n) is 19.5. The van der Waals surface area contributed by atoms with Crippen LogP contribution in [0.2, 0.25) is 0 Å². The molecule has 0 heterocycles. The van der Waals surface area contributed by atoms with Gasteiger partial charge in [0.1, 0.15) is 0 Å². The number of halogens is 12. The first-order chi connectivity index (χ1) is 17.9. The second-order valence-corrected chi connectivity index (χ2v) is 10.2. The number of rotatable bonds is 3. The van der Waals surface area contributed by atoms with Gasteiger partial charge in [-0.3, -0.25) is 0 Å². The summed E-state index contributed by atoms with van der Waals surface area (Å²) in [5.74, 6) is 0. The van der Waals surface area contributed by atoms with E-state index in [1.165, 1.54) is 24.3 Å². The third-order valence-corrected chi connectivity index (χ3v) is 7.48. The quantitative estimate of drug-likeness (QED) is 0.0909. The van der Waals surface area contributed by atoms with Crippen LogP contribution < -0.4 is 15.9 Å². The molecule has 4 rings (SSSR count). The van der Waals surface area contributed by atoms with Gasteiger partial charge in [0.05, 0.1) is 22.3 Å². The van der Waals surface area contributed by atoms with E-state index in [1.807, 2.05) is 30.3 Å². The van der Waals surface area contributed by atoms with E-state index in [4.69, 9.17) is 0 Å². The van der Waals surface area contributed by atoms with E-state index >= 15 is 0 Å². The van der Waals surface area contributed by atoms with Crippen molar-refractivity contribution < 1.29 is 69.8 Å². The minimum atomic E-state index is -5.26. The smallest absolute Gasteiger partial charge is 0.214 e. The van der Waals surface area contributed by atoms with Gasteiger partial charge in [0.25, 0.3) is 0 Å². The van der Waals surface area contributed by atoms with Gasteiger partial charge in [0, 0.05) is 0 Å². The molecule has 0 N–H and O–H groups in total. The molecule has 0 amide bonds. The Morgan fingerprint density at radius 3 is 1.05 bits per heavy atom. The molecule has 0 bridgehead atoms. The van der Waals surface area contributed by atoms with Gasteiger partial charge >= 0.3 is 41.8 Å². The molecule has 0 atom stereocenters. The van der Waals surface area contributed by atoms with Crippen molar-refractivity contribution in [2.45, 2.75) is 24.7 Å². The van der Waals surface area contributed by atoms with Crippen molar-refractivity contribution in [3.05, 3.63) is 113 Å². The second kappa shape index (κ2) is 12.4. The molecule has 4 aromatic carbocycles. The molecule has 0 spiro atoms. The van der Waals surface area contributed by atoms with E-state index in [0.29, 0.717) is 24.3 Å². The first-order valence-electron chi connectivity index (χ1n) is 10.6. The molecule has 0 aliphatic heterocycles. The molecule has 0 saturated heterocycles. The van der Waals surface area contributed by atoms with E-state index < -0.39 is 65.5 Å². The molecule has 0 saturated carbocycles. The summed E-state index contributed by atoms with van der Waals surface area (Å²) in [6.07, 6.45) is -21.0. The van der Waals surface area contributed by atoms with Crippen molar-refractivity contribution >= 4 is 23.8 Å².